The molecule has 5 aromatic rings. The van der Waals surface area contributed by atoms with Gasteiger partial charge in [0, 0.05) is 62.2 Å². The van der Waals surface area contributed by atoms with Gasteiger partial charge in [-0.3, -0.25) is 53.4 Å². The van der Waals surface area contributed by atoms with E-state index in [0.29, 0.717) is 31.6 Å². The molecule has 11 rings (SSSR count). The van der Waals surface area contributed by atoms with E-state index in [9.17, 15) is 28.8 Å². The van der Waals surface area contributed by atoms with Gasteiger partial charge in [0.25, 0.3) is 11.8 Å². The van der Waals surface area contributed by atoms with E-state index in [0.717, 1.165) is 110 Å². The van der Waals surface area contributed by atoms with Crippen LogP contribution in [0, 0.1) is 5.41 Å². The molecule has 4 N–H and O–H groups in total. The van der Waals surface area contributed by atoms with Gasteiger partial charge < -0.3 is 25.8 Å². The molecule has 70 heavy (non-hydrogen) atoms. The number of amides is 6. The van der Waals surface area contributed by atoms with Crippen molar-refractivity contribution in [2.24, 2.45) is 5.41 Å². The van der Waals surface area contributed by atoms with Crippen molar-refractivity contribution < 1.29 is 28.8 Å². The van der Waals surface area contributed by atoms with Crippen LogP contribution in [0.2, 0.25) is 0 Å². The Bertz CT molecular complexity index is 2850. The van der Waals surface area contributed by atoms with E-state index in [1.807, 2.05) is 47.4 Å². The largest absolute Gasteiger partial charge is 0.368 e. The number of imide groups is 2. The van der Waals surface area contributed by atoms with Gasteiger partial charge in [0.1, 0.15) is 11.6 Å². The second-order valence-corrected chi connectivity index (χ2v) is 19.6. The SMILES string of the molecule is O=C1CCC(N2C(=O)c3cccc(NC(=O)CN4CCC5(CC4)CCN(CC(=O)N4CCN(c6ccc(Nc7ncc8nc(Nc9ccccc9)n(C9CCCC9)c8n7)cc6)CC4)C5)c3C2=O)C(=O)N1. The van der Waals surface area contributed by atoms with E-state index >= 15 is 0 Å². The van der Waals surface area contributed by atoms with Crippen LogP contribution in [-0.4, -0.2) is 146 Å². The summed E-state index contributed by atoms with van der Waals surface area (Å²) in [5.74, 6) is -1.25. The number of likely N-dealkylation sites (tertiary alicyclic amines) is 2. The summed E-state index contributed by atoms with van der Waals surface area (Å²) in [6, 6.07) is 22.3. The molecular weight excluding hydrogens is 891 g/mol. The molecule has 19 heteroatoms. The number of carbonyl (C=O) groups excluding carboxylic acids is 6. The quantitative estimate of drug-likeness (QED) is 0.123. The lowest BCUT2D eigenvalue weighted by atomic mass is 9.78. The predicted octanol–water partition coefficient (Wildman–Crippen LogP) is 4.91. The average molecular weight is 948 g/mol. The van der Waals surface area contributed by atoms with Crippen LogP contribution in [-0.2, 0) is 19.2 Å². The normalized spacial score (nSPS) is 20.9. The summed E-state index contributed by atoms with van der Waals surface area (Å²) in [4.78, 5) is 102. The molecule has 1 spiro atoms. The number of fused-ring (bicyclic) bond motifs is 2. The van der Waals surface area contributed by atoms with Crippen molar-refractivity contribution >= 4 is 81.3 Å². The Hall–Kier alpha value is -7.25. The van der Waals surface area contributed by atoms with Gasteiger partial charge in [-0.05, 0) is 112 Å². The fourth-order valence-electron chi connectivity index (χ4n) is 11.4. The molecule has 6 amide bonds. The van der Waals surface area contributed by atoms with Crippen LogP contribution in [0.3, 0.4) is 0 Å². The maximum absolute atomic E-state index is 13.6. The Balaban J connectivity index is 0.630. The number of piperidine rings is 2. The van der Waals surface area contributed by atoms with Gasteiger partial charge in [0.2, 0.25) is 35.5 Å². The monoisotopic (exact) mass is 947 g/mol. The number of benzene rings is 3. The number of para-hydroxylation sites is 1. The molecule has 1 saturated carbocycles. The first kappa shape index (κ1) is 45.2. The van der Waals surface area contributed by atoms with Crippen molar-refractivity contribution in [3.63, 3.8) is 0 Å². The topological polar surface area (TPSA) is 210 Å². The van der Waals surface area contributed by atoms with Crippen LogP contribution in [0.1, 0.15) is 84.5 Å². The number of rotatable bonds is 12. The third-order valence-corrected chi connectivity index (χ3v) is 15.2. The molecule has 3 aromatic carbocycles. The number of carbonyl (C=O) groups is 6. The van der Waals surface area contributed by atoms with Gasteiger partial charge in [-0.2, -0.15) is 4.98 Å². The average Bonchev–Trinajstić information content (AvgIpc) is 4.17. The van der Waals surface area contributed by atoms with Crippen LogP contribution < -0.4 is 26.2 Å². The van der Waals surface area contributed by atoms with Crippen LogP contribution in [0.25, 0.3) is 11.2 Å². The third-order valence-electron chi connectivity index (χ3n) is 15.2. The van der Waals surface area contributed by atoms with Crippen LogP contribution in [0.5, 0.6) is 0 Å². The first-order chi connectivity index (χ1) is 34.1. The highest BCUT2D eigenvalue weighted by Gasteiger charge is 2.46. The number of hydrogen-bond acceptors (Lipinski definition) is 14. The summed E-state index contributed by atoms with van der Waals surface area (Å²) in [7, 11) is 0. The Morgan fingerprint density at radius 2 is 1.46 bits per heavy atom. The van der Waals surface area contributed by atoms with E-state index in [1.165, 1.54) is 18.9 Å². The molecule has 1 aliphatic carbocycles. The highest BCUT2D eigenvalue weighted by Crippen LogP contribution is 2.41. The molecular formula is C51H57N13O6. The number of hydrogen-bond donors (Lipinski definition) is 4. The lowest BCUT2D eigenvalue weighted by Gasteiger charge is -2.39. The second-order valence-electron chi connectivity index (χ2n) is 19.6. The van der Waals surface area contributed by atoms with Gasteiger partial charge in [0.05, 0.1) is 36.1 Å². The Labute approximate surface area is 405 Å². The molecule has 1 unspecified atom stereocenters. The Morgan fingerprint density at radius 1 is 0.729 bits per heavy atom. The summed E-state index contributed by atoms with van der Waals surface area (Å²) in [6.45, 7) is 6.52. The van der Waals surface area contributed by atoms with Crippen molar-refractivity contribution in [2.75, 3.05) is 86.3 Å². The molecule has 2 aromatic heterocycles. The molecule has 19 nitrogen and oxygen atoms in total. The highest BCUT2D eigenvalue weighted by atomic mass is 16.2. The summed E-state index contributed by atoms with van der Waals surface area (Å²) in [5.41, 5.74) is 5.03. The van der Waals surface area contributed by atoms with Gasteiger partial charge >= 0.3 is 0 Å². The molecule has 0 radical (unpaired) electrons. The first-order valence-electron chi connectivity index (χ1n) is 24.6. The molecule has 362 valence electrons. The summed E-state index contributed by atoms with van der Waals surface area (Å²) in [6.07, 6.45) is 9.26. The number of nitrogens with one attached hydrogen (secondary N) is 4. The Morgan fingerprint density at radius 3 is 2.20 bits per heavy atom. The molecule has 0 bridgehead atoms. The number of anilines is 6. The number of imidazole rings is 1. The summed E-state index contributed by atoms with van der Waals surface area (Å²) >= 11 is 0. The molecule has 7 heterocycles. The van der Waals surface area contributed by atoms with Gasteiger partial charge in [-0.25, -0.2) is 9.97 Å². The summed E-state index contributed by atoms with van der Waals surface area (Å²) < 4.78 is 2.25. The van der Waals surface area contributed by atoms with Crippen LogP contribution in [0.15, 0.2) is 79.0 Å². The molecule has 6 aliphatic rings. The zero-order valence-corrected chi connectivity index (χ0v) is 39.1. The van der Waals surface area contributed by atoms with Crippen molar-refractivity contribution in [1.82, 2.24) is 44.4 Å². The van der Waals surface area contributed by atoms with E-state index < -0.39 is 29.7 Å². The van der Waals surface area contributed by atoms with E-state index in [2.05, 4.69) is 57.7 Å². The minimum Gasteiger partial charge on any atom is -0.368 e. The summed E-state index contributed by atoms with van der Waals surface area (Å²) in [5, 5.41) is 12.0. The predicted molar refractivity (Wildman–Crippen MR) is 262 cm³/mol. The van der Waals surface area contributed by atoms with E-state index in [-0.39, 0.29) is 53.4 Å². The fraction of sp³-hybridized carbons (Fsp3) is 0.431. The molecule has 5 aliphatic heterocycles. The van der Waals surface area contributed by atoms with Gasteiger partial charge in [-0.1, -0.05) is 37.1 Å². The lowest BCUT2D eigenvalue weighted by molar-refractivity contribution is -0.136. The fourth-order valence-corrected chi connectivity index (χ4v) is 11.4. The lowest BCUT2D eigenvalue weighted by Crippen LogP contribution is -2.54. The Kier molecular flexibility index (Phi) is 12.2. The number of nitrogens with zero attached hydrogens (tertiary/aromatic N) is 9. The van der Waals surface area contributed by atoms with Gasteiger partial charge in [0.15, 0.2) is 5.65 Å². The zero-order valence-electron chi connectivity index (χ0n) is 39.1. The number of piperazine rings is 1. The third kappa shape index (κ3) is 9.06. The van der Waals surface area contributed by atoms with Crippen LogP contribution in [0.4, 0.5) is 34.6 Å². The first-order valence-corrected chi connectivity index (χ1v) is 24.6. The molecule has 5 fully saturated rings. The standard InChI is InChI=1S/C51H57N13O6/c65-41-18-17-40(46(68)57-41)64-47(69)37-11-6-12-38(44(37)48(64)70)55-42(66)30-59-22-19-51(20-23-59)21-24-60(32-51)31-43(67)62-27-25-61(26-28-62)35-15-13-34(14-16-35)53-49-52-29-39-45(58-49)63(36-9-4-5-10-36)50(56-39)54-33-7-2-1-3-8-33/h1-3,6-8,11-16,29,36,40H,4-5,9-10,17-28,30-32H2,(H,54,56)(H,55,66)(H,52,53,58)(H,57,65,68). The highest BCUT2D eigenvalue weighted by molar-refractivity contribution is 6.26. The minimum absolute atomic E-state index is 0.0250. The van der Waals surface area contributed by atoms with Crippen LogP contribution >= 0.6 is 0 Å². The molecule has 1 atom stereocenters. The van der Waals surface area contributed by atoms with E-state index in [4.69, 9.17) is 9.97 Å². The smallest absolute Gasteiger partial charge is 0.264 e. The minimum atomic E-state index is -1.09. The maximum atomic E-state index is 13.6. The van der Waals surface area contributed by atoms with Crippen molar-refractivity contribution in [3.05, 3.63) is 90.1 Å². The van der Waals surface area contributed by atoms with Crippen molar-refractivity contribution in [3.8, 4) is 0 Å². The zero-order chi connectivity index (χ0) is 47.9. The van der Waals surface area contributed by atoms with E-state index in [1.54, 1.807) is 18.3 Å². The molecule has 4 saturated heterocycles. The maximum Gasteiger partial charge on any atom is 0.264 e. The second kappa shape index (κ2) is 18.9. The van der Waals surface area contributed by atoms with Crippen molar-refractivity contribution in [2.45, 2.75) is 69.9 Å². The van der Waals surface area contributed by atoms with Crippen molar-refractivity contribution in [1.29, 1.82) is 0 Å². The van der Waals surface area contributed by atoms with Gasteiger partial charge in [-0.15, -0.1) is 0 Å². The number of aromatic nitrogens is 4.